The van der Waals surface area contributed by atoms with E-state index in [-0.39, 0.29) is 23.3 Å². The molecular weight excluding hydrogens is 182 g/mol. The Balaban J connectivity index is 3.02. The molecule has 1 aromatic rings. The van der Waals surface area contributed by atoms with Gasteiger partial charge in [0.15, 0.2) is 11.5 Å². The summed E-state index contributed by atoms with van der Waals surface area (Å²) in [5.74, 6) is -0.680. The number of phenolic OH excluding ortho intramolecular Hbond substituents is 3. The summed E-state index contributed by atoms with van der Waals surface area (Å²) < 4.78 is 0. The van der Waals surface area contributed by atoms with E-state index in [1.54, 1.807) is 0 Å². The van der Waals surface area contributed by atoms with Crippen LogP contribution in [0.5, 0.6) is 17.2 Å². The quantitative estimate of drug-likeness (QED) is 0.438. The van der Waals surface area contributed by atoms with Crippen LogP contribution in [-0.4, -0.2) is 15.3 Å². The molecule has 0 heterocycles. The molecule has 1 rings (SSSR count). The molecule has 0 radical (unpaired) electrons. The van der Waals surface area contributed by atoms with Gasteiger partial charge < -0.3 is 21.1 Å². The molecule has 0 saturated heterocycles. The first-order valence-electron chi connectivity index (χ1n) is 4.56. The third-order valence-corrected chi connectivity index (χ3v) is 2.12. The van der Waals surface area contributed by atoms with Crippen LogP contribution in [0.3, 0.4) is 0 Å². The lowest BCUT2D eigenvalue weighted by molar-refractivity contribution is 0.392. The Morgan fingerprint density at radius 3 is 2.29 bits per heavy atom. The lowest BCUT2D eigenvalue weighted by Crippen LogP contribution is -2.09. The third kappa shape index (κ3) is 2.09. The van der Waals surface area contributed by atoms with Crippen molar-refractivity contribution < 1.29 is 15.3 Å². The van der Waals surface area contributed by atoms with Crippen molar-refractivity contribution in [3.05, 3.63) is 17.7 Å². The summed E-state index contributed by atoms with van der Waals surface area (Å²) in [6.45, 7) is 1.98. The van der Waals surface area contributed by atoms with E-state index in [0.29, 0.717) is 5.56 Å². The largest absolute Gasteiger partial charge is 0.507 e. The van der Waals surface area contributed by atoms with Gasteiger partial charge in [0, 0.05) is 17.7 Å². The van der Waals surface area contributed by atoms with Gasteiger partial charge in [0.1, 0.15) is 5.75 Å². The van der Waals surface area contributed by atoms with Crippen molar-refractivity contribution in [2.45, 2.75) is 25.8 Å². The Morgan fingerprint density at radius 2 is 1.71 bits per heavy atom. The summed E-state index contributed by atoms with van der Waals surface area (Å²) in [5, 5.41) is 27.8. The smallest absolute Gasteiger partial charge is 0.161 e. The number of phenols is 3. The fourth-order valence-electron chi connectivity index (χ4n) is 1.35. The zero-order valence-corrected chi connectivity index (χ0v) is 8.07. The zero-order chi connectivity index (χ0) is 10.7. The van der Waals surface area contributed by atoms with Crippen molar-refractivity contribution >= 4 is 0 Å². The van der Waals surface area contributed by atoms with Crippen molar-refractivity contribution in [3.8, 4) is 17.2 Å². The SMILES string of the molecule is CCC[C@H](N)c1cc(O)c(O)cc1O. The predicted molar refractivity (Wildman–Crippen MR) is 53.3 cm³/mol. The minimum Gasteiger partial charge on any atom is -0.507 e. The molecule has 14 heavy (non-hydrogen) atoms. The van der Waals surface area contributed by atoms with Crippen LogP contribution in [-0.2, 0) is 0 Å². The van der Waals surface area contributed by atoms with Gasteiger partial charge in [0.05, 0.1) is 0 Å². The Bertz CT molecular complexity index is 325. The van der Waals surface area contributed by atoms with Crippen molar-refractivity contribution in [3.63, 3.8) is 0 Å². The van der Waals surface area contributed by atoms with Crippen LogP contribution < -0.4 is 5.73 Å². The lowest BCUT2D eigenvalue weighted by Gasteiger charge is -2.13. The van der Waals surface area contributed by atoms with Crippen LogP contribution in [0.25, 0.3) is 0 Å². The molecule has 0 spiro atoms. The standard InChI is InChI=1S/C10H15NO3/c1-2-3-7(11)6-4-9(13)10(14)5-8(6)12/h4-5,7,12-14H,2-3,11H2,1H3/t7-/m0/s1. The molecule has 0 aromatic heterocycles. The summed E-state index contributed by atoms with van der Waals surface area (Å²) in [6.07, 6.45) is 1.61. The molecule has 4 nitrogen and oxygen atoms in total. The second kappa shape index (κ2) is 4.19. The average molecular weight is 197 g/mol. The van der Waals surface area contributed by atoms with Crippen molar-refractivity contribution in [1.29, 1.82) is 0 Å². The van der Waals surface area contributed by atoms with Crippen molar-refractivity contribution in [2.24, 2.45) is 5.73 Å². The molecule has 0 unspecified atom stereocenters. The zero-order valence-electron chi connectivity index (χ0n) is 8.07. The molecule has 0 aliphatic rings. The summed E-state index contributed by atoms with van der Waals surface area (Å²) in [4.78, 5) is 0. The molecule has 5 N–H and O–H groups in total. The average Bonchev–Trinajstić information content (AvgIpc) is 2.11. The Hall–Kier alpha value is -1.42. The normalized spacial score (nSPS) is 12.7. The van der Waals surface area contributed by atoms with Crippen LogP contribution >= 0.6 is 0 Å². The Morgan fingerprint density at radius 1 is 1.14 bits per heavy atom. The number of nitrogens with two attached hydrogens (primary N) is 1. The van der Waals surface area contributed by atoms with Gasteiger partial charge in [-0.15, -0.1) is 0 Å². The van der Waals surface area contributed by atoms with E-state index in [2.05, 4.69) is 0 Å². The van der Waals surface area contributed by atoms with E-state index in [1.165, 1.54) is 6.07 Å². The van der Waals surface area contributed by atoms with Crippen molar-refractivity contribution in [1.82, 2.24) is 0 Å². The van der Waals surface area contributed by atoms with Crippen LogP contribution in [0.4, 0.5) is 0 Å². The molecule has 1 atom stereocenters. The van der Waals surface area contributed by atoms with Gasteiger partial charge in [-0.1, -0.05) is 13.3 Å². The second-order valence-corrected chi connectivity index (χ2v) is 3.29. The fourth-order valence-corrected chi connectivity index (χ4v) is 1.35. The van der Waals surface area contributed by atoms with Crippen LogP contribution in [0, 0.1) is 0 Å². The third-order valence-electron chi connectivity index (χ3n) is 2.12. The van der Waals surface area contributed by atoms with Gasteiger partial charge in [0.2, 0.25) is 0 Å². The van der Waals surface area contributed by atoms with Crippen LogP contribution in [0.1, 0.15) is 31.4 Å². The number of aromatic hydroxyl groups is 3. The van der Waals surface area contributed by atoms with E-state index in [0.717, 1.165) is 18.9 Å². The maximum Gasteiger partial charge on any atom is 0.161 e. The first-order chi connectivity index (χ1) is 6.56. The first-order valence-corrected chi connectivity index (χ1v) is 4.56. The highest BCUT2D eigenvalue weighted by Gasteiger charge is 2.13. The van der Waals surface area contributed by atoms with E-state index in [1.807, 2.05) is 6.92 Å². The number of benzene rings is 1. The lowest BCUT2D eigenvalue weighted by atomic mass is 10.0. The van der Waals surface area contributed by atoms with Gasteiger partial charge in [-0.05, 0) is 12.5 Å². The highest BCUT2D eigenvalue weighted by molar-refractivity contribution is 5.49. The molecule has 1 aromatic carbocycles. The molecule has 0 aliphatic carbocycles. The van der Waals surface area contributed by atoms with E-state index in [9.17, 15) is 10.2 Å². The van der Waals surface area contributed by atoms with Gasteiger partial charge in [0.25, 0.3) is 0 Å². The molecule has 78 valence electrons. The Labute approximate surface area is 82.6 Å². The highest BCUT2D eigenvalue weighted by Crippen LogP contribution is 2.35. The van der Waals surface area contributed by atoms with Crippen LogP contribution in [0.15, 0.2) is 12.1 Å². The van der Waals surface area contributed by atoms with Gasteiger partial charge in [-0.25, -0.2) is 0 Å². The molecule has 0 fully saturated rings. The fraction of sp³-hybridized carbons (Fsp3) is 0.400. The molecule has 0 bridgehead atoms. The minimum atomic E-state index is -0.338. The first kappa shape index (κ1) is 10.7. The highest BCUT2D eigenvalue weighted by atomic mass is 16.3. The van der Waals surface area contributed by atoms with E-state index < -0.39 is 0 Å². The van der Waals surface area contributed by atoms with E-state index >= 15 is 0 Å². The maximum absolute atomic E-state index is 9.46. The molecule has 0 aliphatic heterocycles. The maximum atomic E-state index is 9.46. The molecule has 0 amide bonds. The minimum absolute atomic E-state index is 0.0822. The van der Waals surface area contributed by atoms with Gasteiger partial charge in [-0.2, -0.15) is 0 Å². The number of hydrogen-bond acceptors (Lipinski definition) is 4. The van der Waals surface area contributed by atoms with Crippen LogP contribution in [0.2, 0.25) is 0 Å². The Kier molecular flexibility index (Phi) is 3.19. The monoisotopic (exact) mass is 197 g/mol. The topological polar surface area (TPSA) is 86.7 Å². The summed E-state index contributed by atoms with van der Waals surface area (Å²) >= 11 is 0. The number of rotatable bonds is 3. The summed E-state index contributed by atoms with van der Waals surface area (Å²) in [6, 6.07) is 2.08. The van der Waals surface area contributed by atoms with Crippen molar-refractivity contribution in [2.75, 3.05) is 0 Å². The van der Waals surface area contributed by atoms with E-state index in [4.69, 9.17) is 10.8 Å². The molecule has 0 saturated carbocycles. The summed E-state index contributed by atoms with van der Waals surface area (Å²) in [5.41, 5.74) is 6.23. The predicted octanol–water partition coefficient (Wildman–Crippen LogP) is 1.60. The van der Waals surface area contributed by atoms with Gasteiger partial charge in [-0.3, -0.25) is 0 Å². The molecule has 4 heteroatoms. The van der Waals surface area contributed by atoms with Gasteiger partial charge >= 0.3 is 0 Å². The summed E-state index contributed by atoms with van der Waals surface area (Å²) in [7, 11) is 0. The number of hydrogen-bond donors (Lipinski definition) is 4. The second-order valence-electron chi connectivity index (χ2n) is 3.29. The molecular formula is C10H15NO3.